The Hall–Kier alpha value is -3.80. The van der Waals surface area contributed by atoms with Gasteiger partial charge in [-0.3, -0.25) is 9.69 Å². The predicted molar refractivity (Wildman–Crippen MR) is 119 cm³/mol. The van der Waals surface area contributed by atoms with E-state index < -0.39 is 23.1 Å². The minimum Gasteiger partial charge on any atom is -0.423 e. The molecule has 0 aliphatic carbocycles. The number of rotatable bonds is 3. The number of ether oxygens (including phenoxy) is 1. The first-order valence-corrected chi connectivity index (χ1v) is 10.1. The zero-order valence-corrected chi connectivity index (χ0v) is 17.9. The average molecular weight is 433 g/mol. The number of allylic oxidation sites excluding steroid dienone is 1. The number of anilines is 1. The number of carbonyl (C=O) groups is 2. The van der Waals surface area contributed by atoms with Crippen molar-refractivity contribution in [3.8, 4) is 5.75 Å². The fraction of sp³-hybridized carbons (Fsp3) is 0.154. The molecule has 1 aliphatic heterocycles. The molecule has 3 aromatic carbocycles. The van der Waals surface area contributed by atoms with E-state index >= 15 is 0 Å². The topological polar surface area (TPSA) is 46.6 Å². The standard InChI is InChI=1S/C26H21F2NO3/c1-16-15-26(2,3)29(24(30)17-6-4-8-19(27)12-17)23-11-10-21(14-22(16)23)32-25(31)18-7-5-9-20(28)13-18/h4-15H,1-3H3. The number of benzene rings is 3. The van der Waals surface area contributed by atoms with E-state index in [4.69, 9.17) is 4.74 Å². The maximum Gasteiger partial charge on any atom is 0.343 e. The fourth-order valence-corrected chi connectivity index (χ4v) is 3.98. The van der Waals surface area contributed by atoms with Gasteiger partial charge in [0.2, 0.25) is 0 Å². The van der Waals surface area contributed by atoms with E-state index in [0.29, 0.717) is 11.3 Å². The quantitative estimate of drug-likeness (QED) is 0.374. The van der Waals surface area contributed by atoms with Crippen molar-refractivity contribution >= 4 is 23.1 Å². The number of hydrogen-bond acceptors (Lipinski definition) is 3. The molecule has 0 N–H and O–H groups in total. The van der Waals surface area contributed by atoms with E-state index in [9.17, 15) is 18.4 Å². The smallest absolute Gasteiger partial charge is 0.343 e. The van der Waals surface area contributed by atoms with Crippen LogP contribution in [0.15, 0.2) is 72.8 Å². The van der Waals surface area contributed by atoms with Crippen LogP contribution in [0.3, 0.4) is 0 Å². The molecule has 0 bridgehead atoms. The maximum atomic E-state index is 13.7. The van der Waals surface area contributed by atoms with E-state index in [1.807, 2.05) is 26.8 Å². The van der Waals surface area contributed by atoms with Crippen LogP contribution in [-0.2, 0) is 0 Å². The zero-order chi connectivity index (χ0) is 23.0. The third-order valence-corrected chi connectivity index (χ3v) is 5.33. The van der Waals surface area contributed by atoms with Crippen LogP contribution in [-0.4, -0.2) is 17.4 Å². The van der Waals surface area contributed by atoms with E-state index in [1.165, 1.54) is 36.4 Å². The number of esters is 1. The molecule has 4 rings (SSSR count). The van der Waals surface area contributed by atoms with E-state index in [0.717, 1.165) is 11.6 Å². The minimum absolute atomic E-state index is 0.0963. The van der Waals surface area contributed by atoms with Gasteiger partial charge in [0.25, 0.3) is 5.91 Å². The van der Waals surface area contributed by atoms with Crippen LogP contribution in [0.1, 0.15) is 47.1 Å². The Balaban J connectivity index is 1.70. The summed E-state index contributed by atoms with van der Waals surface area (Å²) in [5, 5.41) is 0. The number of halogens is 2. The van der Waals surface area contributed by atoms with Crippen LogP contribution >= 0.6 is 0 Å². The molecule has 0 aromatic heterocycles. The molecule has 0 fully saturated rings. The average Bonchev–Trinajstić information content (AvgIpc) is 2.73. The summed E-state index contributed by atoms with van der Waals surface area (Å²) in [6.07, 6.45) is 1.94. The first kappa shape index (κ1) is 21.4. The largest absolute Gasteiger partial charge is 0.423 e. The highest BCUT2D eigenvalue weighted by Gasteiger charge is 2.36. The van der Waals surface area contributed by atoms with Gasteiger partial charge in [-0.15, -0.1) is 0 Å². The van der Waals surface area contributed by atoms with Crippen LogP contribution in [0.4, 0.5) is 14.5 Å². The molecule has 1 amide bonds. The number of carbonyl (C=O) groups excluding carboxylic acids is 2. The molecule has 6 heteroatoms. The Bertz CT molecular complexity index is 1260. The molecular formula is C26H21F2NO3. The lowest BCUT2D eigenvalue weighted by Crippen LogP contribution is -2.49. The van der Waals surface area contributed by atoms with Gasteiger partial charge in [-0.05, 0) is 80.9 Å². The van der Waals surface area contributed by atoms with Crippen molar-refractivity contribution in [3.05, 3.63) is 101 Å². The third-order valence-electron chi connectivity index (χ3n) is 5.33. The molecule has 3 aromatic rings. The number of hydrogen-bond donors (Lipinski definition) is 0. The highest BCUT2D eigenvalue weighted by atomic mass is 19.1. The molecule has 0 radical (unpaired) electrons. The third kappa shape index (κ3) is 4.04. The summed E-state index contributed by atoms with van der Waals surface area (Å²) in [4.78, 5) is 27.3. The Morgan fingerprint density at radius 2 is 1.50 bits per heavy atom. The predicted octanol–water partition coefficient (Wildman–Crippen LogP) is 6.03. The summed E-state index contributed by atoms with van der Waals surface area (Å²) in [7, 11) is 0. The lowest BCUT2D eigenvalue weighted by molar-refractivity contribution is 0.0733. The minimum atomic E-state index is -0.685. The summed E-state index contributed by atoms with van der Waals surface area (Å²) in [6.45, 7) is 5.70. The van der Waals surface area contributed by atoms with Crippen molar-refractivity contribution in [2.75, 3.05) is 4.90 Å². The van der Waals surface area contributed by atoms with Crippen molar-refractivity contribution in [2.45, 2.75) is 26.3 Å². The second-order valence-corrected chi connectivity index (χ2v) is 8.21. The van der Waals surface area contributed by atoms with Gasteiger partial charge in [0.1, 0.15) is 17.4 Å². The molecule has 1 aliphatic rings. The van der Waals surface area contributed by atoms with Gasteiger partial charge in [0, 0.05) is 11.1 Å². The van der Waals surface area contributed by atoms with Crippen molar-refractivity contribution < 1.29 is 23.1 Å². The number of nitrogens with zero attached hydrogens (tertiary/aromatic N) is 1. The molecule has 4 nitrogen and oxygen atoms in total. The van der Waals surface area contributed by atoms with E-state index in [-0.39, 0.29) is 22.8 Å². The lowest BCUT2D eigenvalue weighted by atomic mass is 9.88. The molecule has 32 heavy (non-hydrogen) atoms. The Kier molecular flexibility index (Phi) is 5.38. The van der Waals surface area contributed by atoms with Crippen molar-refractivity contribution in [2.24, 2.45) is 0 Å². The first-order valence-electron chi connectivity index (χ1n) is 10.1. The fourth-order valence-electron chi connectivity index (χ4n) is 3.98. The second-order valence-electron chi connectivity index (χ2n) is 8.21. The Labute approximate surface area is 184 Å². The highest BCUT2D eigenvalue weighted by Crippen LogP contribution is 2.41. The van der Waals surface area contributed by atoms with Crippen LogP contribution in [0, 0.1) is 11.6 Å². The first-order chi connectivity index (χ1) is 15.2. The molecule has 162 valence electrons. The van der Waals surface area contributed by atoms with Crippen LogP contribution in [0.25, 0.3) is 5.57 Å². The Morgan fingerprint density at radius 1 is 0.875 bits per heavy atom. The lowest BCUT2D eigenvalue weighted by Gasteiger charge is -2.41. The summed E-state index contributed by atoms with van der Waals surface area (Å²) in [5.74, 6) is -1.78. The maximum absolute atomic E-state index is 13.7. The van der Waals surface area contributed by atoms with Crippen LogP contribution in [0.5, 0.6) is 5.75 Å². The summed E-state index contributed by atoms with van der Waals surface area (Å²) >= 11 is 0. The Morgan fingerprint density at radius 3 is 2.16 bits per heavy atom. The highest BCUT2D eigenvalue weighted by molar-refractivity contribution is 6.10. The van der Waals surface area contributed by atoms with Gasteiger partial charge in [-0.25, -0.2) is 13.6 Å². The number of fused-ring (bicyclic) bond motifs is 1. The van der Waals surface area contributed by atoms with Crippen molar-refractivity contribution in [1.82, 2.24) is 0 Å². The molecule has 0 unspecified atom stereocenters. The van der Waals surface area contributed by atoms with Crippen LogP contribution < -0.4 is 9.64 Å². The van der Waals surface area contributed by atoms with E-state index in [1.54, 1.807) is 29.2 Å². The van der Waals surface area contributed by atoms with Crippen molar-refractivity contribution in [3.63, 3.8) is 0 Å². The monoisotopic (exact) mass is 433 g/mol. The molecule has 1 heterocycles. The summed E-state index contributed by atoms with van der Waals surface area (Å²) < 4.78 is 32.6. The normalized spacial score (nSPS) is 14.4. The van der Waals surface area contributed by atoms with E-state index in [2.05, 4.69) is 0 Å². The SMILES string of the molecule is CC1=CC(C)(C)N(C(=O)c2cccc(F)c2)c2ccc(OC(=O)c3cccc(F)c3)cc21. The molecule has 0 atom stereocenters. The van der Waals surface area contributed by atoms with Crippen LogP contribution in [0.2, 0.25) is 0 Å². The van der Waals surface area contributed by atoms with Gasteiger partial charge in [0.15, 0.2) is 0 Å². The van der Waals surface area contributed by atoms with Gasteiger partial charge in [-0.2, -0.15) is 0 Å². The van der Waals surface area contributed by atoms with Crippen molar-refractivity contribution in [1.29, 1.82) is 0 Å². The molecule has 0 saturated heterocycles. The summed E-state index contributed by atoms with van der Waals surface area (Å²) in [5.41, 5.74) is 1.89. The molecular weight excluding hydrogens is 412 g/mol. The molecule has 0 spiro atoms. The van der Waals surface area contributed by atoms with Gasteiger partial charge in [0.05, 0.1) is 16.8 Å². The molecule has 0 saturated carbocycles. The summed E-state index contributed by atoms with van der Waals surface area (Å²) in [6, 6.07) is 15.8. The zero-order valence-electron chi connectivity index (χ0n) is 17.9. The second kappa shape index (κ2) is 8.04. The van der Waals surface area contributed by atoms with Gasteiger partial charge in [-0.1, -0.05) is 18.2 Å². The van der Waals surface area contributed by atoms with Gasteiger partial charge < -0.3 is 4.74 Å². The number of amides is 1. The van der Waals surface area contributed by atoms with Gasteiger partial charge >= 0.3 is 5.97 Å².